The summed E-state index contributed by atoms with van der Waals surface area (Å²) in [6.07, 6.45) is 3.66. The Morgan fingerprint density at radius 3 is 2.87 bits per heavy atom. The molecule has 0 fully saturated rings. The van der Waals surface area contributed by atoms with Crippen molar-refractivity contribution >= 4 is 22.9 Å². The maximum absolute atomic E-state index is 7.71. The molecule has 1 unspecified atom stereocenters. The molecule has 78 valence electrons. The van der Waals surface area contributed by atoms with Crippen molar-refractivity contribution in [2.45, 2.75) is 13.0 Å². The topological polar surface area (TPSA) is 41.7 Å². The van der Waals surface area contributed by atoms with Crippen molar-refractivity contribution in [2.24, 2.45) is 0 Å². The molecular weight excluding hydrogens is 230 g/mol. The molecule has 0 saturated carbocycles. The summed E-state index contributed by atoms with van der Waals surface area (Å²) in [5, 5.41) is 10.1. The average Bonchev–Trinajstić information content (AvgIpc) is 2.65. The van der Waals surface area contributed by atoms with Gasteiger partial charge in [-0.25, -0.2) is 4.98 Å². The fourth-order valence-electron chi connectivity index (χ4n) is 1.39. The van der Waals surface area contributed by atoms with Crippen LogP contribution >= 0.6 is 22.9 Å². The van der Waals surface area contributed by atoms with Crippen LogP contribution in [0.1, 0.15) is 18.5 Å². The molecule has 1 N–H and O–H groups in total. The first-order chi connectivity index (χ1) is 7.18. The predicted molar refractivity (Wildman–Crippen MR) is 61.2 cm³/mol. The van der Waals surface area contributed by atoms with Gasteiger partial charge in [-0.15, -0.1) is 11.3 Å². The lowest BCUT2D eigenvalue weighted by atomic mass is 10.1. The highest BCUT2D eigenvalue weighted by Gasteiger charge is 2.08. The van der Waals surface area contributed by atoms with Gasteiger partial charge in [0.05, 0.1) is 6.04 Å². The maximum Gasteiger partial charge on any atom is 0.182 e. The van der Waals surface area contributed by atoms with Crippen LogP contribution in [0.2, 0.25) is 5.15 Å². The molecule has 2 aromatic heterocycles. The van der Waals surface area contributed by atoms with Crippen LogP contribution in [0.25, 0.3) is 0 Å². The molecule has 0 radical (unpaired) electrons. The summed E-state index contributed by atoms with van der Waals surface area (Å²) in [5.74, 6) is 0. The molecule has 2 heterocycles. The van der Waals surface area contributed by atoms with Crippen LogP contribution < -0.4 is 4.80 Å². The number of nitrogens with zero attached hydrogens (tertiary/aromatic N) is 2. The first kappa shape index (κ1) is 10.4. The number of halogens is 1. The van der Waals surface area contributed by atoms with Gasteiger partial charge in [-0.2, -0.15) is 0 Å². The summed E-state index contributed by atoms with van der Waals surface area (Å²) in [4.78, 5) is 4.57. The van der Waals surface area contributed by atoms with Gasteiger partial charge in [-0.3, -0.25) is 5.41 Å². The third-order valence-corrected chi connectivity index (χ3v) is 3.20. The Morgan fingerprint density at radius 1 is 1.53 bits per heavy atom. The summed E-state index contributed by atoms with van der Waals surface area (Å²) in [6.45, 7) is 2.04. The highest BCUT2D eigenvalue weighted by atomic mass is 35.5. The second-order valence-electron chi connectivity index (χ2n) is 3.21. The van der Waals surface area contributed by atoms with Gasteiger partial charge in [0.2, 0.25) is 0 Å². The van der Waals surface area contributed by atoms with E-state index in [2.05, 4.69) is 4.98 Å². The standard InChI is InChI=1S/C10H10ClN3S/c1-7(14-4-5-15-10(14)12)8-2-3-9(11)13-6-8/h2-7,12H,1H3. The van der Waals surface area contributed by atoms with Crippen LogP contribution in [0.5, 0.6) is 0 Å². The van der Waals surface area contributed by atoms with Gasteiger partial charge in [0, 0.05) is 17.8 Å². The van der Waals surface area contributed by atoms with Crippen LogP contribution in [0.3, 0.4) is 0 Å². The summed E-state index contributed by atoms with van der Waals surface area (Å²) in [7, 11) is 0. The molecule has 0 aliphatic rings. The van der Waals surface area contributed by atoms with Gasteiger partial charge >= 0.3 is 0 Å². The molecule has 0 aliphatic heterocycles. The zero-order valence-corrected chi connectivity index (χ0v) is 9.72. The molecule has 0 aliphatic carbocycles. The van der Waals surface area contributed by atoms with Crippen LogP contribution in [-0.4, -0.2) is 9.55 Å². The van der Waals surface area contributed by atoms with E-state index in [1.54, 1.807) is 12.3 Å². The number of thiazole rings is 1. The first-order valence-corrected chi connectivity index (χ1v) is 5.76. The Labute approximate surface area is 96.5 Å². The molecule has 0 spiro atoms. The van der Waals surface area contributed by atoms with Gasteiger partial charge in [0.15, 0.2) is 4.80 Å². The van der Waals surface area contributed by atoms with E-state index in [-0.39, 0.29) is 6.04 Å². The van der Waals surface area contributed by atoms with Crippen molar-refractivity contribution in [1.82, 2.24) is 9.55 Å². The molecule has 2 rings (SSSR count). The summed E-state index contributed by atoms with van der Waals surface area (Å²) < 4.78 is 1.90. The van der Waals surface area contributed by atoms with Gasteiger partial charge < -0.3 is 4.57 Å². The van der Waals surface area contributed by atoms with Gasteiger partial charge in [-0.05, 0) is 18.6 Å². The van der Waals surface area contributed by atoms with Gasteiger partial charge in [0.25, 0.3) is 0 Å². The van der Waals surface area contributed by atoms with E-state index < -0.39 is 0 Å². The van der Waals surface area contributed by atoms with Gasteiger partial charge in [-0.1, -0.05) is 17.7 Å². The molecule has 2 aromatic rings. The zero-order valence-electron chi connectivity index (χ0n) is 8.14. The highest BCUT2D eigenvalue weighted by molar-refractivity contribution is 7.06. The molecule has 15 heavy (non-hydrogen) atoms. The van der Waals surface area contributed by atoms with Crippen LogP contribution in [0.15, 0.2) is 29.9 Å². The quantitative estimate of drug-likeness (QED) is 0.805. The minimum absolute atomic E-state index is 0.119. The maximum atomic E-state index is 7.71. The van der Waals surface area contributed by atoms with E-state index in [1.165, 1.54) is 11.3 Å². The largest absolute Gasteiger partial charge is 0.317 e. The van der Waals surface area contributed by atoms with Crippen molar-refractivity contribution in [3.8, 4) is 0 Å². The summed E-state index contributed by atoms with van der Waals surface area (Å²) in [6, 6.07) is 3.82. The van der Waals surface area contributed by atoms with Crippen molar-refractivity contribution in [2.75, 3.05) is 0 Å². The molecule has 0 amide bonds. The minimum atomic E-state index is 0.119. The van der Waals surface area contributed by atoms with E-state index in [9.17, 15) is 0 Å². The first-order valence-electron chi connectivity index (χ1n) is 4.50. The number of rotatable bonds is 2. The summed E-state index contributed by atoms with van der Waals surface area (Å²) in [5.41, 5.74) is 1.05. The van der Waals surface area contributed by atoms with Crippen molar-refractivity contribution in [3.05, 3.63) is 45.4 Å². The Morgan fingerprint density at radius 2 is 2.33 bits per heavy atom. The molecule has 0 aromatic carbocycles. The number of hydrogen-bond acceptors (Lipinski definition) is 3. The van der Waals surface area contributed by atoms with E-state index in [0.717, 1.165) is 5.56 Å². The Kier molecular flexibility index (Phi) is 2.88. The number of hydrogen-bond donors (Lipinski definition) is 1. The third kappa shape index (κ3) is 2.11. The molecular formula is C10H10ClN3S. The predicted octanol–water partition coefficient (Wildman–Crippen LogP) is 2.69. The normalized spacial score (nSPS) is 12.7. The van der Waals surface area contributed by atoms with Crippen LogP contribution in [0.4, 0.5) is 0 Å². The second kappa shape index (κ2) is 4.16. The molecule has 0 bridgehead atoms. The van der Waals surface area contributed by atoms with Crippen LogP contribution in [-0.2, 0) is 0 Å². The monoisotopic (exact) mass is 239 g/mol. The van der Waals surface area contributed by atoms with Crippen LogP contribution in [0, 0.1) is 5.41 Å². The third-order valence-electron chi connectivity index (χ3n) is 2.29. The Bertz CT molecular complexity index is 500. The smallest absolute Gasteiger partial charge is 0.182 e. The van der Waals surface area contributed by atoms with E-state index in [1.807, 2.05) is 29.1 Å². The highest BCUT2D eigenvalue weighted by Crippen LogP contribution is 2.16. The summed E-state index contributed by atoms with van der Waals surface area (Å²) >= 11 is 7.13. The molecule has 1 atom stereocenters. The lowest BCUT2D eigenvalue weighted by Crippen LogP contribution is -2.17. The zero-order chi connectivity index (χ0) is 10.8. The Hall–Kier alpha value is -1.13. The average molecular weight is 240 g/mol. The van der Waals surface area contributed by atoms with Crippen molar-refractivity contribution in [1.29, 1.82) is 5.41 Å². The lowest BCUT2D eigenvalue weighted by molar-refractivity contribution is 0.614. The number of nitrogens with one attached hydrogen (secondary N) is 1. The minimum Gasteiger partial charge on any atom is -0.317 e. The SMILES string of the molecule is CC(c1ccc(Cl)nc1)n1ccsc1=N. The number of pyridine rings is 1. The lowest BCUT2D eigenvalue weighted by Gasteiger charge is -2.12. The fourth-order valence-corrected chi connectivity index (χ4v) is 2.16. The fraction of sp³-hybridized carbons (Fsp3) is 0.200. The molecule has 5 heteroatoms. The van der Waals surface area contributed by atoms with Crippen molar-refractivity contribution < 1.29 is 0 Å². The van der Waals surface area contributed by atoms with E-state index >= 15 is 0 Å². The molecule has 0 saturated heterocycles. The van der Waals surface area contributed by atoms with Gasteiger partial charge in [0.1, 0.15) is 5.15 Å². The van der Waals surface area contributed by atoms with Crippen molar-refractivity contribution in [3.63, 3.8) is 0 Å². The van der Waals surface area contributed by atoms with E-state index in [0.29, 0.717) is 9.95 Å². The van der Waals surface area contributed by atoms with E-state index in [4.69, 9.17) is 17.0 Å². The molecule has 3 nitrogen and oxygen atoms in total. The Balaban J connectivity index is 2.36. The second-order valence-corrected chi connectivity index (χ2v) is 4.49. The number of aromatic nitrogens is 2.